The van der Waals surface area contributed by atoms with Crippen molar-refractivity contribution < 1.29 is 9.21 Å². The normalized spacial score (nSPS) is 24.8. The minimum atomic E-state index is -0.192. The van der Waals surface area contributed by atoms with Crippen molar-refractivity contribution >= 4 is 6.03 Å². The zero-order chi connectivity index (χ0) is 12.8. The van der Waals surface area contributed by atoms with E-state index >= 15 is 0 Å². The molecule has 19 heavy (non-hydrogen) atoms. The van der Waals surface area contributed by atoms with Crippen molar-refractivity contribution in [2.45, 2.75) is 12.2 Å². The van der Waals surface area contributed by atoms with Gasteiger partial charge in [0.25, 0.3) is 0 Å². The Morgan fingerprint density at radius 3 is 3.21 bits per heavy atom. The lowest BCUT2D eigenvalue weighted by Crippen LogP contribution is -2.35. The number of hydrogen-bond donors (Lipinski definition) is 1. The summed E-state index contributed by atoms with van der Waals surface area (Å²) in [6, 6.07) is 1.87. The van der Waals surface area contributed by atoms with Crippen molar-refractivity contribution in [3.05, 3.63) is 36.9 Å². The van der Waals surface area contributed by atoms with Crippen LogP contribution in [0.4, 0.5) is 4.79 Å². The molecular formula is C12H11N5O2. The van der Waals surface area contributed by atoms with E-state index in [1.807, 2.05) is 24.4 Å². The molecule has 2 amide bonds. The van der Waals surface area contributed by atoms with Crippen LogP contribution in [0.25, 0.3) is 11.6 Å². The molecule has 96 valence electrons. The average molecular weight is 257 g/mol. The van der Waals surface area contributed by atoms with Crippen molar-refractivity contribution in [1.82, 2.24) is 25.0 Å². The fraction of sp³-hybridized carbons (Fsp3) is 0.250. The Morgan fingerprint density at radius 2 is 2.37 bits per heavy atom. The van der Waals surface area contributed by atoms with E-state index in [0.717, 1.165) is 0 Å². The SMILES string of the molecule is O=C1NC2C=CC(n3ccc(-c4ncco4)n3)N1C2. The summed E-state index contributed by atoms with van der Waals surface area (Å²) in [5.41, 5.74) is 0.653. The van der Waals surface area contributed by atoms with Gasteiger partial charge in [0, 0.05) is 12.7 Å². The monoisotopic (exact) mass is 257 g/mol. The van der Waals surface area contributed by atoms with Gasteiger partial charge in [-0.1, -0.05) is 6.08 Å². The standard InChI is InChI=1S/C12H11N5O2/c18-12-14-8-1-2-10(16(12)7-8)17-5-3-9(15-17)11-13-4-6-19-11/h1-6,8,10H,7H2,(H,14,18). The van der Waals surface area contributed by atoms with E-state index in [-0.39, 0.29) is 18.2 Å². The fourth-order valence-corrected chi connectivity index (χ4v) is 2.44. The highest BCUT2D eigenvalue weighted by Gasteiger charge is 2.36. The molecule has 1 N–H and O–H groups in total. The number of fused-ring (bicyclic) bond motifs is 2. The number of nitrogens with zero attached hydrogens (tertiary/aromatic N) is 4. The number of carbonyl (C=O) groups is 1. The number of hydrogen-bond acceptors (Lipinski definition) is 4. The molecule has 0 spiro atoms. The van der Waals surface area contributed by atoms with E-state index in [0.29, 0.717) is 18.1 Å². The molecule has 7 nitrogen and oxygen atoms in total. The maximum atomic E-state index is 11.8. The smallest absolute Gasteiger partial charge is 0.319 e. The summed E-state index contributed by atoms with van der Waals surface area (Å²) in [6.45, 7) is 0.675. The average Bonchev–Trinajstić information content (AvgIpc) is 3.13. The Morgan fingerprint density at radius 1 is 1.42 bits per heavy atom. The second kappa shape index (κ2) is 3.71. The van der Waals surface area contributed by atoms with Crippen LogP contribution in [0.3, 0.4) is 0 Å². The molecular weight excluding hydrogens is 246 g/mol. The van der Waals surface area contributed by atoms with Gasteiger partial charge in [0.2, 0.25) is 5.89 Å². The van der Waals surface area contributed by atoms with Crippen LogP contribution >= 0.6 is 0 Å². The predicted octanol–water partition coefficient (Wildman–Crippen LogP) is 1.00. The Balaban J connectivity index is 1.68. The molecule has 2 aliphatic heterocycles. The third-order valence-electron chi connectivity index (χ3n) is 3.33. The first-order chi connectivity index (χ1) is 9.31. The summed E-state index contributed by atoms with van der Waals surface area (Å²) >= 11 is 0. The molecule has 1 saturated heterocycles. The second-order valence-electron chi connectivity index (χ2n) is 4.53. The molecule has 0 radical (unpaired) electrons. The molecule has 0 aromatic carbocycles. The zero-order valence-corrected chi connectivity index (χ0v) is 9.93. The van der Waals surface area contributed by atoms with Crippen LogP contribution < -0.4 is 5.32 Å². The van der Waals surface area contributed by atoms with Gasteiger partial charge >= 0.3 is 6.03 Å². The van der Waals surface area contributed by atoms with Gasteiger partial charge in [-0.3, -0.25) is 4.90 Å². The number of carbonyl (C=O) groups excluding carboxylic acids is 1. The molecule has 2 aromatic heterocycles. The van der Waals surface area contributed by atoms with Crippen molar-refractivity contribution in [2.24, 2.45) is 0 Å². The van der Waals surface area contributed by atoms with Crippen LogP contribution in [-0.4, -0.2) is 38.3 Å². The van der Waals surface area contributed by atoms with Crippen molar-refractivity contribution in [1.29, 1.82) is 0 Å². The van der Waals surface area contributed by atoms with E-state index in [1.165, 1.54) is 6.26 Å². The van der Waals surface area contributed by atoms with Gasteiger partial charge in [-0.05, 0) is 12.1 Å². The summed E-state index contributed by atoms with van der Waals surface area (Å²) in [7, 11) is 0. The maximum Gasteiger partial charge on any atom is 0.319 e. The van der Waals surface area contributed by atoms with Crippen molar-refractivity contribution in [2.75, 3.05) is 6.54 Å². The molecule has 0 saturated carbocycles. The lowest BCUT2D eigenvalue weighted by molar-refractivity contribution is 0.183. The molecule has 1 fully saturated rings. The molecule has 4 heterocycles. The van der Waals surface area contributed by atoms with E-state index in [4.69, 9.17) is 4.42 Å². The summed E-state index contributed by atoms with van der Waals surface area (Å²) < 4.78 is 6.94. The summed E-state index contributed by atoms with van der Waals surface area (Å²) in [6.07, 6.45) is 8.68. The van der Waals surface area contributed by atoms with Crippen molar-refractivity contribution in [3.63, 3.8) is 0 Å². The Hall–Kier alpha value is -2.57. The first-order valence-electron chi connectivity index (χ1n) is 6.02. The summed E-state index contributed by atoms with van der Waals surface area (Å²) in [5.74, 6) is 0.474. The molecule has 7 heteroatoms. The van der Waals surface area contributed by atoms with Gasteiger partial charge in [0.15, 0.2) is 0 Å². The lowest BCUT2D eigenvalue weighted by atomic mass is 10.2. The number of urea groups is 1. The largest absolute Gasteiger partial charge is 0.443 e. The number of aromatic nitrogens is 3. The lowest BCUT2D eigenvalue weighted by Gasteiger charge is -2.26. The Labute approximate surface area is 108 Å². The molecule has 0 aliphatic carbocycles. The number of nitrogens with one attached hydrogen (secondary N) is 1. The van der Waals surface area contributed by atoms with Crippen LogP contribution in [0.1, 0.15) is 6.17 Å². The van der Waals surface area contributed by atoms with E-state index in [2.05, 4.69) is 15.4 Å². The first-order valence-corrected chi connectivity index (χ1v) is 6.02. The van der Waals surface area contributed by atoms with Gasteiger partial charge in [-0.2, -0.15) is 5.10 Å². The highest BCUT2D eigenvalue weighted by Crippen LogP contribution is 2.25. The molecule has 2 aliphatic rings. The number of rotatable bonds is 2. The van der Waals surface area contributed by atoms with Gasteiger partial charge in [-0.15, -0.1) is 0 Å². The van der Waals surface area contributed by atoms with E-state index in [9.17, 15) is 4.79 Å². The highest BCUT2D eigenvalue weighted by atomic mass is 16.3. The Kier molecular flexibility index (Phi) is 2.02. The minimum absolute atomic E-state index is 0.0619. The topological polar surface area (TPSA) is 76.2 Å². The second-order valence-corrected chi connectivity index (χ2v) is 4.53. The zero-order valence-electron chi connectivity index (χ0n) is 9.93. The van der Waals surface area contributed by atoms with Crippen LogP contribution in [0.5, 0.6) is 0 Å². The van der Waals surface area contributed by atoms with E-state index < -0.39 is 0 Å². The number of amides is 2. The van der Waals surface area contributed by atoms with Crippen LogP contribution in [0, 0.1) is 0 Å². The molecule has 2 atom stereocenters. The third-order valence-corrected chi connectivity index (χ3v) is 3.33. The third kappa shape index (κ3) is 1.55. The van der Waals surface area contributed by atoms with Gasteiger partial charge < -0.3 is 9.73 Å². The summed E-state index contributed by atoms with van der Waals surface area (Å²) in [4.78, 5) is 17.6. The van der Waals surface area contributed by atoms with E-state index in [1.54, 1.807) is 15.8 Å². The van der Waals surface area contributed by atoms with Crippen LogP contribution in [-0.2, 0) is 0 Å². The molecule has 2 aromatic rings. The highest BCUT2D eigenvalue weighted by molar-refractivity contribution is 5.78. The van der Waals surface area contributed by atoms with Gasteiger partial charge in [0.1, 0.15) is 18.1 Å². The quantitative estimate of drug-likeness (QED) is 0.814. The first kappa shape index (κ1) is 10.4. The molecule has 2 bridgehead atoms. The summed E-state index contributed by atoms with van der Waals surface area (Å²) in [5, 5.41) is 7.29. The van der Waals surface area contributed by atoms with Crippen molar-refractivity contribution in [3.8, 4) is 11.6 Å². The van der Waals surface area contributed by atoms with Gasteiger partial charge in [0.05, 0.1) is 12.2 Å². The maximum absolute atomic E-state index is 11.8. The number of oxazole rings is 1. The molecule has 2 unspecified atom stereocenters. The van der Waals surface area contributed by atoms with Gasteiger partial charge in [-0.25, -0.2) is 14.5 Å². The molecule has 4 rings (SSSR count). The minimum Gasteiger partial charge on any atom is -0.443 e. The van der Waals surface area contributed by atoms with Crippen LogP contribution in [0.15, 0.2) is 41.3 Å². The Bertz CT molecular complexity index is 645. The predicted molar refractivity (Wildman–Crippen MR) is 64.9 cm³/mol. The fourth-order valence-electron chi connectivity index (χ4n) is 2.44. The van der Waals surface area contributed by atoms with Crippen LogP contribution in [0.2, 0.25) is 0 Å².